The molecule has 2 aliphatic heterocycles. The maximum atomic E-state index is 13.3. The highest BCUT2D eigenvalue weighted by molar-refractivity contribution is 6.25. The molecule has 34 heavy (non-hydrogen) atoms. The Kier molecular flexibility index (Phi) is 8.48. The normalized spacial score (nSPS) is 18.8. The van der Waals surface area contributed by atoms with E-state index in [2.05, 4.69) is 20.0 Å². The lowest BCUT2D eigenvalue weighted by atomic mass is 10.1. The molecule has 2 fully saturated rings. The smallest absolute Gasteiger partial charge is 0.323 e. The summed E-state index contributed by atoms with van der Waals surface area (Å²) in [6.07, 6.45) is 3.79. The Balaban J connectivity index is 1.67. The number of rotatable bonds is 8. The summed E-state index contributed by atoms with van der Waals surface area (Å²) in [5, 5.41) is 2.78. The third-order valence-corrected chi connectivity index (χ3v) is 6.33. The average molecular weight is 470 g/mol. The summed E-state index contributed by atoms with van der Waals surface area (Å²) in [7, 11) is 0. The monoisotopic (exact) mass is 469 g/mol. The van der Waals surface area contributed by atoms with Gasteiger partial charge in [0, 0.05) is 52.3 Å². The van der Waals surface area contributed by atoms with Crippen LogP contribution in [0.25, 0.3) is 5.53 Å². The molecule has 3 rings (SSSR count). The van der Waals surface area contributed by atoms with Crippen molar-refractivity contribution in [1.29, 1.82) is 0 Å². The number of aromatic nitrogens is 1. The molecule has 11 nitrogen and oxygen atoms in total. The van der Waals surface area contributed by atoms with Gasteiger partial charge in [-0.3, -0.25) is 19.2 Å². The summed E-state index contributed by atoms with van der Waals surface area (Å²) < 4.78 is 0. The molecule has 11 heteroatoms. The number of amides is 3. The summed E-state index contributed by atoms with van der Waals surface area (Å²) >= 11 is 0. The molecule has 1 aromatic rings. The highest BCUT2D eigenvalue weighted by Gasteiger charge is 2.36. The highest BCUT2D eigenvalue weighted by atomic mass is 16.2. The summed E-state index contributed by atoms with van der Waals surface area (Å²) in [6.45, 7) is 6.02. The fraction of sp³-hybridized carbons (Fsp3) is 0.565. The van der Waals surface area contributed by atoms with Crippen molar-refractivity contribution in [1.82, 2.24) is 20.1 Å². The first kappa shape index (κ1) is 25.0. The number of carbonyl (C=O) groups is 4. The molecule has 2 atom stereocenters. The summed E-state index contributed by atoms with van der Waals surface area (Å²) in [5.74, 6) is -0.408. The SMILES string of the molecule is CC(=O)N1CCC[C@H]1C(=O)N[C@@H](CCC(=O)C=[N+]=[N-])C(=O)N1CCN(c2ncccc2C)CC1. The van der Waals surface area contributed by atoms with E-state index < -0.39 is 23.8 Å². The number of pyridine rings is 1. The molecule has 3 amide bonds. The van der Waals surface area contributed by atoms with Gasteiger partial charge in [0.1, 0.15) is 17.9 Å². The van der Waals surface area contributed by atoms with Crippen LogP contribution in [0.2, 0.25) is 0 Å². The Morgan fingerprint density at radius 2 is 1.97 bits per heavy atom. The maximum Gasteiger partial charge on any atom is 0.323 e. The standard InChI is InChI=1S/C23H31N7O4/c1-16-5-3-9-25-21(16)28-11-13-29(14-12-28)23(34)19(8-7-18(32)15-26-24)27-22(33)20-6-4-10-30(20)17(2)31/h3,5,9,15,19-20H,4,6-8,10-14H2,1-2H3,(H,27,33)/t19-,20-/m0/s1. The number of likely N-dealkylation sites (tertiary alicyclic amines) is 1. The lowest BCUT2D eigenvalue weighted by molar-refractivity contribution is -0.140. The minimum absolute atomic E-state index is 0.0606. The number of nitrogens with zero attached hydrogens (tertiary/aromatic N) is 6. The number of Topliss-reactive ketones (excluding diaryl/α,β-unsaturated/α-hetero) is 1. The number of carbonyl (C=O) groups excluding carboxylic acids is 4. The van der Waals surface area contributed by atoms with Crippen molar-refractivity contribution in [3.63, 3.8) is 0 Å². The van der Waals surface area contributed by atoms with E-state index in [1.54, 1.807) is 11.1 Å². The zero-order valence-corrected chi connectivity index (χ0v) is 19.6. The minimum atomic E-state index is -0.916. The van der Waals surface area contributed by atoms with Crippen LogP contribution in [-0.4, -0.2) is 94.1 Å². The van der Waals surface area contributed by atoms with Gasteiger partial charge in [0.05, 0.1) is 0 Å². The topological polar surface area (TPSA) is 139 Å². The largest absolute Gasteiger partial charge is 0.361 e. The Labute approximate surface area is 198 Å². The van der Waals surface area contributed by atoms with E-state index >= 15 is 0 Å². The number of anilines is 1. The predicted molar refractivity (Wildman–Crippen MR) is 124 cm³/mol. The first-order valence-electron chi connectivity index (χ1n) is 11.5. The van der Waals surface area contributed by atoms with Crippen molar-refractivity contribution in [2.75, 3.05) is 37.6 Å². The summed E-state index contributed by atoms with van der Waals surface area (Å²) in [6, 6.07) is 2.34. The van der Waals surface area contributed by atoms with Gasteiger partial charge in [0.15, 0.2) is 0 Å². The lowest BCUT2D eigenvalue weighted by Crippen LogP contribution is -2.57. The molecule has 0 unspecified atom stereocenters. The molecule has 0 spiro atoms. The van der Waals surface area contributed by atoms with Crippen LogP contribution in [0.1, 0.15) is 38.2 Å². The number of hydrogen-bond donors (Lipinski definition) is 1. The van der Waals surface area contributed by atoms with E-state index in [1.807, 2.05) is 19.1 Å². The van der Waals surface area contributed by atoms with Crippen LogP contribution >= 0.6 is 0 Å². The second-order valence-electron chi connectivity index (χ2n) is 8.64. The van der Waals surface area contributed by atoms with E-state index in [4.69, 9.17) is 5.53 Å². The molecule has 0 bridgehead atoms. The zero-order valence-electron chi connectivity index (χ0n) is 19.6. The molecular formula is C23H31N7O4. The molecule has 0 aliphatic carbocycles. The van der Waals surface area contributed by atoms with Crippen LogP contribution in [0.3, 0.4) is 0 Å². The summed E-state index contributed by atoms with van der Waals surface area (Å²) in [4.78, 5) is 62.5. The fourth-order valence-electron chi connectivity index (χ4n) is 4.52. The van der Waals surface area contributed by atoms with Crippen LogP contribution in [0.5, 0.6) is 0 Å². The van der Waals surface area contributed by atoms with Gasteiger partial charge < -0.3 is 25.5 Å². The van der Waals surface area contributed by atoms with Crippen LogP contribution < -0.4 is 10.2 Å². The molecule has 1 aromatic heterocycles. The number of nitrogens with one attached hydrogen (secondary N) is 1. The average Bonchev–Trinajstić information content (AvgIpc) is 3.32. The first-order chi connectivity index (χ1) is 16.3. The molecule has 1 N–H and O–H groups in total. The van der Waals surface area contributed by atoms with Crippen molar-refractivity contribution < 1.29 is 24.0 Å². The van der Waals surface area contributed by atoms with E-state index in [9.17, 15) is 19.2 Å². The van der Waals surface area contributed by atoms with E-state index in [0.29, 0.717) is 39.1 Å². The highest BCUT2D eigenvalue weighted by Crippen LogP contribution is 2.20. The van der Waals surface area contributed by atoms with Crippen molar-refractivity contribution in [3.05, 3.63) is 29.4 Å². The van der Waals surface area contributed by atoms with Gasteiger partial charge >= 0.3 is 6.21 Å². The van der Waals surface area contributed by atoms with Gasteiger partial charge in [0.2, 0.25) is 23.5 Å². The summed E-state index contributed by atoms with van der Waals surface area (Å²) in [5.41, 5.74) is 9.64. The molecule has 2 aliphatic rings. The van der Waals surface area contributed by atoms with Gasteiger partial charge in [-0.25, -0.2) is 4.98 Å². The van der Waals surface area contributed by atoms with Gasteiger partial charge in [-0.2, -0.15) is 4.79 Å². The Morgan fingerprint density at radius 1 is 1.24 bits per heavy atom. The van der Waals surface area contributed by atoms with Crippen molar-refractivity contribution >= 4 is 35.5 Å². The van der Waals surface area contributed by atoms with Crippen molar-refractivity contribution in [2.24, 2.45) is 0 Å². The van der Waals surface area contributed by atoms with Crippen LogP contribution in [0.15, 0.2) is 18.3 Å². The molecule has 0 aromatic carbocycles. The predicted octanol–water partition coefficient (Wildman–Crippen LogP) is 0.184. The van der Waals surface area contributed by atoms with Gasteiger partial charge in [-0.1, -0.05) is 6.07 Å². The van der Waals surface area contributed by atoms with Gasteiger partial charge in [0.25, 0.3) is 0 Å². The molecule has 0 radical (unpaired) electrons. The second kappa shape index (κ2) is 11.5. The van der Waals surface area contributed by atoms with E-state index in [0.717, 1.165) is 24.0 Å². The number of aryl methyl sites for hydroxylation is 1. The van der Waals surface area contributed by atoms with Crippen LogP contribution in [0, 0.1) is 6.92 Å². The molecule has 2 saturated heterocycles. The van der Waals surface area contributed by atoms with E-state index in [1.165, 1.54) is 11.8 Å². The van der Waals surface area contributed by atoms with E-state index in [-0.39, 0.29) is 24.7 Å². The number of hydrogen-bond acceptors (Lipinski definition) is 6. The third kappa shape index (κ3) is 6.05. The zero-order chi connectivity index (χ0) is 24.7. The molecule has 0 saturated carbocycles. The number of ketones is 1. The quantitative estimate of drug-likeness (QED) is 0.327. The van der Waals surface area contributed by atoms with Crippen LogP contribution in [-0.2, 0) is 19.2 Å². The minimum Gasteiger partial charge on any atom is -0.361 e. The maximum absolute atomic E-state index is 13.3. The van der Waals surface area contributed by atoms with Gasteiger partial charge in [-0.15, -0.1) is 0 Å². The lowest BCUT2D eigenvalue weighted by Gasteiger charge is -2.37. The van der Waals surface area contributed by atoms with Gasteiger partial charge in [-0.05, 0) is 37.8 Å². The van der Waals surface area contributed by atoms with Crippen molar-refractivity contribution in [3.8, 4) is 0 Å². The Hall–Kier alpha value is -3.59. The fourth-order valence-corrected chi connectivity index (χ4v) is 4.52. The molecule has 182 valence electrons. The third-order valence-electron chi connectivity index (χ3n) is 6.33. The van der Waals surface area contributed by atoms with Crippen LogP contribution in [0.4, 0.5) is 5.82 Å². The second-order valence-corrected chi connectivity index (χ2v) is 8.64. The Morgan fingerprint density at radius 3 is 2.62 bits per heavy atom. The van der Waals surface area contributed by atoms with Crippen molar-refractivity contribution in [2.45, 2.75) is 51.6 Å². The Bertz CT molecular complexity index is 983. The number of piperazine rings is 1. The first-order valence-corrected chi connectivity index (χ1v) is 11.5. The molecular weight excluding hydrogens is 438 g/mol. The molecule has 3 heterocycles.